The van der Waals surface area contributed by atoms with Gasteiger partial charge in [0, 0.05) is 18.0 Å². The van der Waals surface area contributed by atoms with Gasteiger partial charge in [0.05, 0.1) is 0 Å². The van der Waals surface area contributed by atoms with E-state index in [0.29, 0.717) is 0 Å². The number of nitrogens with zero attached hydrogens (tertiary/aromatic N) is 2. The topological polar surface area (TPSA) is 25.8 Å². The summed E-state index contributed by atoms with van der Waals surface area (Å²) < 4.78 is 0. The van der Waals surface area contributed by atoms with Crippen molar-refractivity contribution in [2.24, 2.45) is 0 Å². The standard InChI is InChI=1S/C31H42N2/c1-3-5-7-9-11-13-26-15-17-27(18-16-26)23-28-19-21-30(22-20-28)31-32-24-29(25-33-31)14-12-10-8-6-4-2/h15-22,24-25H,3-14,23H2,1-2H3. The second-order valence-corrected chi connectivity index (χ2v) is 9.43. The van der Waals surface area contributed by atoms with Crippen LogP contribution < -0.4 is 0 Å². The summed E-state index contributed by atoms with van der Waals surface area (Å²) in [6.45, 7) is 4.53. The summed E-state index contributed by atoms with van der Waals surface area (Å²) in [5, 5.41) is 0. The number of unbranched alkanes of at least 4 members (excludes halogenated alkanes) is 8. The number of benzene rings is 2. The predicted molar refractivity (Wildman–Crippen MR) is 142 cm³/mol. The summed E-state index contributed by atoms with van der Waals surface area (Å²) in [5.41, 5.74) is 6.50. The first-order chi connectivity index (χ1) is 16.3. The van der Waals surface area contributed by atoms with Crippen LogP contribution in [0.2, 0.25) is 0 Å². The molecule has 176 valence electrons. The molecule has 0 saturated carbocycles. The molecule has 0 atom stereocenters. The molecule has 0 aliphatic heterocycles. The fraction of sp³-hybridized carbons (Fsp3) is 0.484. The van der Waals surface area contributed by atoms with Crippen molar-refractivity contribution in [2.75, 3.05) is 0 Å². The van der Waals surface area contributed by atoms with Gasteiger partial charge in [-0.05, 0) is 54.4 Å². The number of aryl methyl sites for hydroxylation is 2. The molecular formula is C31H42N2. The molecular weight excluding hydrogens is 400 g/mol. The van der Waals surface area contributed by atoms with Gasteiger partial charge in [0.2, 0.25) is 0 Å². The highest BCUT2D eigenvalue weighted by Gasteiger charge is 2.04. The third kappa shape index (κ3) is 9.12. The molecule has 0 amide bonds. The molecule has 0 saturated heterocycles. The zero-order chi connectivity index (χ0) is 23.1. The zero-order valence-electron chi connectivity index (χ0n) is 20.9. The summed E-state index contributed by atoms with van der Waals surface area (Å²) in [6, 6.07) is 17.9. The molecule has 3 rings (SSSR count). The van der Waals surface area contributed by atoms with E-state index in [1.807, 2.05) is 12.4 Å². The highest BCUT2D eigenvalue weighted by atomic mass is 14.9. The van der Waals surface area contributed by atoms with Crippen LogP contribution >= 0.6 is 0 Å². The minimum atomic E-state index is 0.819. The summed E-state index contributed by atoms with van der Waals surface area (Å²) in [6.07, 6.45) is 20.5. The van der Waals surface area contributed by atoms with Gasteiger partial charge in [0.1, 0.15) is 0 Å². The SMILES string of the molecule is CCCCCCCc1ccc(Cc2ccc(-c3ncc(CCCCCCC)cn3)cc2)cc1. The second-order valence-electron chi connectivity index (χ2n) is 9.43. The van der Waals surface area contributed by atoms with E-state index in [0.717, 1.165) is 24.2 Å². The van der Waals surface area contributed by atoms with Crippen molar-refractivity contribution in [2.45, 2.75) is 97.3 Å². The van der Waals surface area contributed by atoms with E-state index in [-0.39, 0.29) is 0 Å². The van der Waals surface area contributed by atoms with Crippen LogP contribution in [-0.2, 0) is 19.3 Å². The Hall–Kier alpha value is -2.48. The van der Waals surface area contributed by atoms with Crippen molar-refractivity contribution in [3.05, 3.63) is 83.2 Å². The van der Waals surface area contributed by atoms with E-state index < -0.39 is 0 Å². The predicted octanol–water partition coefficient (Wildman–Crippen LogP) is 8.76. The molecule has 0 N–H and O–H groups in total. The molecule has 0 spiro atoms. The maximum Gasteiger partial charge on any atom is 0.159 e. The largest absolute Gasteiger partial charge is 0.236 e. The van der Waals surface area contributed by atoms with Gasteiger partial charge in [-0.1, -0.05) is 114 Å². The van der Waals surface area contributed by atoms with Gasteiger partial charge in [0.25, 0.3) is 0 Å². The Bertz CT molecular complexity index is 895. The van der Waals surface area contributed by atoms with Crippen molar-refractivity contribution < 1.29 is 0 Å². The van der Waals surface area contributed by atoms with E-state index in [9.17, 15) is 0 Å². The van der Waals surface area contributed by atoms with Gasteiger partial charge in [-0.2, -0.15) is 0 Å². The van der Waals surface area contributed by atoms with Crippen LogP contribution in [0.4, 0.5) is 0 Å². The van der Waals surface area contributed by atoms with Gasteiger partial charge in [-0.15, -0.1) is 0 Å². The fourth-order valence-electron chi connectivity index (χ4n) is 4.33. The van der Waals surface area contributed by atoms with Gasteiger partial charge in [-0.25, -0.2) is 9.97 Å². The van der Waals surface area contributed by atoms with Crippen LogP contribution in [0.25, 0.3) is 11.4 Å². The molecule has 0 fully saturated rings. The van der Waals surface area contributed by atoms with Gasteiger partial charge < -0.3 is 0 Å². The van der Waals surface area contributed by atoms with Crippen LogP contribution in [0.3, 0.4) is 0 Å². The molecule has 0 aliphatic rings. The Morgan fingerprint density at radius 1 is 0.485 bits per heavy atom. The Morgan fingerprint density at radius 3 is 1.48 bits per heavy atom. The third-order valence-corrected chi connectivity index (χ3v) is 6.49. The van der Waals surface area contributed by atoms with E-state index >= 15 is 0 Å². The van der Waals surface area contributed by atoms with Crippen molar-refractivity contribution in [1.29, 1.82) is 0 Å². The summed E-state index contributed by atoms with van der Waals surface area (Å²) in [5.74, 6) is 0.819. The maximum atomic E-state index is 4.62. The third-order valence-electron chi connectivity index (χ3n) is 6.49. The minimum absolute atomic E-state index is 0.819. The lowest BCUT2D eigenvalue weighted by Crippen LogP contribution is -1.94. The van der Waals surface area contributed by atoms with E-state index in [1.165, 1.54) is 92.9 Å². The highest BCUT2D eigenvalue weighted by molar-refractivity contribution is 5.55. The van der Waals surface area contributed by atoms with Gasteiger partial charge in [-0.3, -0.25) is 0 Å². The fourth-order valence-corrected chi connectivity index (χ4v) is 4.33. The normalized spacial score (nSPS) is 11.1. The Kier molecular flexibility index (Phi) is 11.1. The number of aromatic nitrogens is 2. The first kappa shape index (κ1) is 25.1. The van der Waals surface area contributed by atoms with E-state index in [2.05, 4.69) is 72.3 Å². The Balaban J connectivity index is 1.46. The van der Waals surface area contributed by atoms with Crippen LogP contribution in [0, 0.1) is 0 Å². The molecule has 2 aromatic carbocycles. The summed E-state index contributed by atoms with van der Waals surface area (Å²) in [7, 11) is 0. The van der Waals surface area contributed by atoms with Crippen LogP contribution in [0.15, 0.2) is 60.9 Å². The molecule has 0 radical (unpaired) electrons. The average Bonchev–Trinajstić information content (AvgIpc) is 2.86. The van der Waals surface area contributed by atoms with E-state index in [1.54, 1.807) is 0 Å². The molecule has 33 heavy (non-hydrogen) atoms. The summed E-state index contributed by atoms with van der Waals surface area (Å²) >= 11 is 0. The van der Waals surface area contributed by atoms with Crippen molar-refractivity contribution in [3.8, 4) is 11.4 Å². The molecule has 1 aromatic heterocycles. The number of rotatable bonds is 15. The zero-order valence-corrected chi connectivity index (χ0v) is 20.9. The van der Waals surface area contributed by atoms with E-state index in [4.69, 9.17) is 0 Å². The monoisotopic (exact) mass is 442 g/mol. The number of hydrogen-bond donors (Lipinski definition) is 0. The lowest BCUT2D eigenvalue weighted by atomic mass is 10.00. The smallest absolute Gasteiger partial charge is 0.159 e. The first-order valence-electron chi connectivity index (χ1n) is 13.3. The average molecular weight is 443 g/mol. The Morgan fingerprint density at radius 2 is 0.939 bits per heavy atom. The second kappa shape index (κ2) is 14.6. The van der Waals surface area contributed by atoms with Crippen LogP contribution in [0.5, 0.6) is 0 Å². The lowest BCUT2D eigenvalue weighted by Gasteiger charge is -2.07. The van der Waals surface area contributed by atoms with Crippen molar-refractivity contribution in [3.63, 3.8) is 0 Å². The number of hydrogen-bond acceptors (Lipinski definition) is 2. The summed E-state index contributed by atoms with van der Waals surface area (Å²) in [4.78, 5) is 9.23. The molecule has 0 bridgehead atoms. The Labute approximate surface area is 201 Å². The van der Waals surface area contributed by atoms with Crippen LogP contribution in [0.1, 0.15) is 100 Å². The molecule has 3 aromatic rings. The maximum absolute atomic E-state index is 4.62. The molecule has 0 aliphatic carbocycles. The molecule has 2 heteroatoms. The quantitative estimate of drug-likeness (QED) is 0.220. The highest BCUT2D eigenvalue weighted by Crippen LogP contribution is 2.19. The van der Waals surface area contributed by atoms with Gasteiger partial charge >= 0.3 is 0 Å². The first-order valence-corrected chi connectivity index (χ1v) is 13.3. The van der Waals surface area contributed by atoms with Crippen LogP contribution in [-0.4, -0.2) is 9.97 Å². The lowest BCUT2D eigenvalue weighted by molar-refractivity contribution is 0.631. The van der Waals surface area contributed by atoms with Gasteiger partial charge in [0.15, 0.2) is 5.82 Å². The molecule has 0 unspecified atom stereocenters. The minimum Gasteiger partial charge on any atom is -0.236 e. The molecule has 1 heterocycles. The molecule has 2 nitrogen and oxygen atoms in total. The van der Waals surface area contributed by atoms with Crippen molar-refractivity contribution >= 4 is 0 Å². The van der Waals surface area contributed by atoms with Crippen molar-refractivity contribution in [1.82, 2.24) is 9.97 Å².